The van der Waals surface area contributed by atoms with Crippen LogP contribution < -0.4 is 10.1 Å². The van der Waals surface area contributed by atoms with Crippen LogP contribution in [-0.4, -0.2) is 5.91 Å². The SMILES string of the molecule is Cc1ccc(NC(=O)/C(C#N)=C/c2cc(Br)c(OCc3ccc(F)cc3)c(I)c2)c(C)c1. The van der Waals surface area contributed by atoms with Gasteiger partial charge in [0.05, 0.1) is 8.04 Å². The molecule has 0 heterocycles. The number of nitrogens with one attached hydrogen (secondary N) is 1. The molecule has 1 amide bonds. The zero-order chi connectivity index (χ0) is 23.3. The van der Waals surface area contributed by atoms with Crippen LogP contribution in [0.3, 0.4) is 0 Å². The number of carbonyl (C=O) groups excluding carboxylic acids is 1. The third-order valence-corrected chi connectivity index (χ3v) is 6.01. The van der Waals surface area contributed by atoms with E-state index in [1.54, 1.807) is 18.2 Å². The molecule has 0 aromatic heterocycles. The number of carbonyl (C=O) groups is 1. The Balaban J connectivity index is 1.77. The van der Waals surface area contributed by atoms with E-state index >= 15 is 0 Å². The number of halogens is 3. The fourth-order valence-electron chi connectivity index (χ4n) is 3.00. The van der Waals surface area contributed by atoms with Gasteiger partial charge in [-0.2, -0.15) is 5.26 Å². The van der Waals surface area contributed by atoms with E-state index in [1.165, 1.54) is 18.2 Å². The number of amides is 1. The molecule has 4 nitrogen and oxygen atoms in total. The molecule has 0 bridgehead atoms. The fraction of sp³-hybridized carbons (Fsp3) is 0.120. The minimum atomic E-state index is -0.470. The highest BCUT2D eigenvalue weighted by Gasteiger charge is 2.13. The van der Waals surface area contributed by atoms with E-state index < -0.39 is 5.91 Å². The molecule has 0 saturated carbocycles. The van der Waals surface area contributed by atoms with Crippen LogP contribution in [0.15, 0.2) is 64.6 Å². The predicted molar refractivity (Wildman–Crippen MR) is 136 cm³/mol. The monoisotopic (exact) mass is 604 g/mol. The van der Waals surface area contributed by atoms with E-state index in [1.807, 2.05) is 44.2 Å². The zero-order valence-corrected chi connectivity index (χ0v) is 21.1. The topological polar surface area (TPSA) is 62.1 Å². The first-order valence-electron chi connectivity index (χ1n) is 9.63. The molecule has 0 saturated heterocycles. The largest absolute Gasteiger partial charge is 0.487 e. The van der Waals surface area contributed by atoms with Gasteiger partial charge >= 0.3 is 0 Å². The van der Waals surface area contributed by atoms with Crippen molar-refractivity contribution >= 4 is 56.2 Å². The summed E-state index contributed by atoms with van der Waals surface area (Å²) in [5, 5.41) is 12.3. The van der Waals surface area contributed by atoms with E-state index in [0.29, 0.717) is 21.5 Å². The summed E-state index contributed by atoms with van der Waals surface area (Å²) in [5.41, 5.74) is 4.21. The van der Waals surface area contributed by atoms with E-state index in [9.17, 15) is 14.4 Å². The lowest BCUT2D eigenvalue weighted by Gasteiger charge is -2.12. The summed E-state index contributed by atoms with van der Waals surface area (Å²) in [6.07, 6.45) is 1.54. The smallest absolute Gasteiger partial charge is 0.266 e. The first kappa shape index (κ1) is 24.0. The molecule has 3 rings (SSSR count). The molecule has 0 atom stereocenters. The molecule has 0 aliphatic carbocycles. The second-order valence-electron chi connectivity index (χ2n) is 7.17. The zero-order valence-electron chi connectivity index (χ0n) is 17.4. The number of hydrogen-bond acceptors (Lipinski definition) is 3. The van der Waals surface area contributed by atoms with Gasteiger partial charge in [-0.05, 0) is 105 Å². The molecule has 3 aromatic carbocycles. The van der Waals surface area contributed by atoms with Gasteiger partial charge in [0.1, 0.15) is 29.8 Å². The highest BCUT2D eigenvalue weighted by molar-refractivity contribution is 14.1. The normalized spacial score (nSPS) is 11.1. The van der Waals surface area contributed by atoms with Gasteiger partial charge in [-0.1, -0.05) is 29.8 Å². The van der Waals surface area contributed by atoms with Gasteiger partial charge in [0.2, 0.25) is 0 Å². The minimum Gasteiger partial charge on any atom is -0.487 e. The van der Waals surface area contributed by atoms with Crippen molar-refractivity contribution in [2.24, 2.45) is 0 Å². The van der Waals surface area contributed by atoms with Gasteiger partial charge in [0.15, 0.2) is 0 Å². The Kier molecular flexibility index (Phi) is 8.04. The molecule has 3 aromatic rings. The van der Waals surface area contributed by atoms with Gasteiger partial charge in [-0.3, -0.25) is 4.79 Å². The Morgan fingerprint density at radius 1 is 1.19 bits per heavy atom. The standard InChI is InChI=1S/C25H19BrFIN2O2/c1-15-3-8-23(16(2)9-15)30-25(31)19(13-29)10-18-11-21(26)24(22(28)12-18)32-14-17-4-6-20(27)7-5-17/h3-12H,14H2,1-2H3,(H,30,31)/b19-10+. The highest BCUT2D eigenvalue weighted by Crippen LogP contribution is 2.33. The Bertz CT molecular complexity index is 1210. The van der Waals surface area contributed by atoms with E-state index in [4.69, 9.17) is 4.74 Å². The summed E-state index contributed by atoms with van der Waals surface area (Å²) in [5.74, 6) is -0.136. The van der Waals surface area contributed by atoms with Gasteiger partial charge in [-0.25, -0.2) is 4.39 Å². The first-order chi connectivity index (χ1) is 15.3. The highest BCUT2D eigenvalue weighted by atomic mass is 127. The number of rotatable bonds is 6. The Hall–Kier alpha value is -2.70. The Morgan fingerprint density at radius 3 is 2.53 bits per heavy atom. The fourth-order valence-corrected chi connectivity index (χ4v) is 4.76. The maximum absolute atomic E-state index is 13.1. The quantitative estimate of drug-likeness (QED) is 0.188. The van der Waals surface area contributed by atoms with Crippen molar-refractivity contribution in [3.8, 4) is 11.8 Å². The van der Waals surface area contributed by atoms with Crippen LogP contribution in [0.25, 0.3) is 6.08 Å². The average Bonchev–Trinajstić information content (AvgIpc) is 2.74. The molecule has 7 heteroatoms. The molecular weight excluding hydrogens is 586 g/mol. The summed E-state index contributed by atoms with van der Waals surface area (Å²) in [6.45, 7) is 4.17. The third kappa shape index (κ3) is 6.17. The van der Waals surface area contributed by atoms with E-state index in [0.717, 1.165) is 20.3 Å². The number of ether oxygens (including phenoxy) is 1. The van der Waals surface area contributed by atoms with Crippen molar-refractivity contribution in [2.75, 3.05) is 5.32 Å². The summed E-state index contributed by atoms with van der Waals surface area (Å²) < 4.78 is 20.4. The van der Waals surface area contributed by atoms with E-state index in [-0.39, 0.29) is 18.0 Å². The van der Waals surface area contributed by atoms with Crippen LogP contribution in [0.1, 0.15) is 22.3 Å². The second-order valence-corrected chi connectivity index (χ2v) is 9.19. The lowest BCUT2D eigenvalue weighted by molar-refractivity contribution is -0.112. The van der Waals surface area contributed by atoms with Gasteiger partial charge in [0.25, 0.3) is 5.91 Å². The lowest BCUT2D eigenvalue weighted by atomic mass is 10.1. The van der Waals surface area contributed by atoms with Crippen molar-refractivity contribution in [3.05, 3.63) is 96.3 Å². The van der Waals surface area contributed by atoms with Crippen LogP contribution in [0.4, 0.5) is 10.1 Å². The molecule has 0 unspecified atom stereocenters. The Morgan fingerprint density at radius 2 is 1.91 bits per heavy atom. The lowest BCUT2D eigenvalue weighted by Crippen LogP contribution is -2.14. The number of hydrogen-bond donors (Lipinski definition) is 1. The minimum absolute atomic E-state index is 0.00680. The maximum Gasteiger partial charge on any atom is 0.266 e. The summed E-state index contributed by atoms with van der Waals surface area (Å²) in [4.78, 5) is 12.6. The molecule has 162 valence electrons. The number of aryl methyl sites for hydroxylation is 2. The number of anilines is 1. The number of benzene rings is 3. The molecule has 0 spiro atoms. The summed E-state index contributed by atoms with van der Waals surface area (Å²) in [7, 11) is 0. The molecule has 0 radical (unpaired) electrons. The molecule has 0 fully saturated rings. The van der Waals surface area contributed by atoms with E-state index in [2.05, 4.69) is 43.8 Å². The molecule has 0 aliphatic rings. The van der Waals surface area contributed by atoms with Crippen LogP contribution in [0.2, 0.25) is 0 Å². The van der Waals surface area contributed by atoms with Crippen LogP contribution in [0, 0.1) is 34.6 Å². The molecular formula is C25H19BrFIN2O2. The van der Waals surface area contributed by atoms with Gasteiger partial charge < -0.3 is 10.1 Å². The predicted octanol–water partition coefficient (Wildman–Crippen LogP) is 6.93. The van der Waals surface area contributed by atoms with Crippen molar-refractivity contribution in [3.63, 3.8) is 0 Å². The first-order valence-corrected chi connectivity index (χ1v) is 11.5. The second kappa shape index (κ2) is 10.7. The van der Waals surface area contributed by atoms with Crippen molar-refractivity contribution in [1.29, 1.82) is 5.26 Å². The number of nitrogens with zero attached hydrogens (tertiary/aromatic N) is 1. The van der Waals surface area contributed by atoms with Crippen LogP contribution in [-0.2, 0) is 11.4 Å². The maximum atomic E-state index is 13.1. The summed E-state index contributed by atoms with van der Waals surface area (Å²) in [6, 6.07) is 17.4. The molecule has 1 N–H and O–H groups in total. The van der Waals surface area contributed by atoms with Crippen molar-refractivity contribution in [1.82, 2.24) is 0 Å². The average molecular weight is 605 g/mol. The third-order valence-electron chi connectivity index (χ3n) is 4.62. The van der Waals surface area contributed by atoms with Crippen molar-refractivity contribution in [2.45, 2.75) is 20.5 Å². The van der Waals surface area contributed by atoms with Crippen LogP contribution >= 0.6 is 38.5 Å². The van der Waals surface area contributed by atoms with Gasteiger partial charge in [-0.15, -0.1) is 0 Å². The number of nitriles is 1. The molecule has 0 aliphatic heterocycles. The summed E-state index contributed by atoms with van der Waals surface area (Å²) >= 11 is 5.63. The van der Waals surface area contributed by atoms with Crippen LogP contribution in [0.5, 0.6) is 5.75 Å². The van der Waals surface area contributed by atoms with Crippen molar-refractivity contribution < 1.29 is 13.9 Å². The Labute approximate surface area is 208 Å². The molecule has 32 heavy (non-hydrogen) atoms. The van der Waals surface area contributed by atoms with Gasteiger partial charge in [0, 0.05) is 5.69 Å².